The van der Waals surface area contributed by atoms with Gasteiger partial charge < -0.3 is 14.7 Å². The summed E-state index contributed by atoms with van der Waals surface area (Å²) in [4.78, 5) is 14.1. The molecule has 5 heteroatoms. The van der Waals surface area contributed by atoms with E-state index >= 15 is 0 Å². The predicted molar refractivity (Wildman–Crippen MR) is 78.7 cm³/mol. The van der Waals surface area contributed by atoms with Crippen LogP contribution >= 0.6 is 0 Å². The maximum absolute atomic E-state index is 11.9. The van der Waals surface area contributed by atoms with E-state index in [9.17, 15) is 9.90 Å². The Morgan fingerprint density at radius 3 is 2.65 bits per heavy atom. The van der Waals surface area contributed by atoms with Gasteiger partial charge in [-0.15, -0.1) is 0 Å². The number of hydrogen-bond donors (Lipinski definition) is 2. The highest BCUT2D eigenvalue weighted by atomic mass is 16.5. The van der Waals surface area contributed by atoms with Gasteiger partial charge >= 0.3 is 5.97 Å². The number of likely N-dealkylation sites (N-methyl/N-ethyl adjacent to an activating group) is 1. The van der Waals surface area contributed by atoms with Gasteiger partial charge in [0.15, 0.2) is 0 Å². The van der Waals surface area contributed by atoms with Crippen molar-refractivity contribution in [2.75, 3.05) is 33.3 Å². The number of carbonyl (C=O) groups is 1. The molecule has 0 amide bonds. The van der Waals surface area contributed by atoms with Crippen LogP contribution in [0.25, 0.3) is 0 Å². The molecule has 0 aliphatic rings. The molecular formula is C15H24N2O3. The van der Waals surface area contributed by atoms with E-state index in [1.165, 1.54) is 7.11 Å². The topological polar surface area (TPSA) is 61.8 Å². The summed E-state index contributed by atoms with van der Waals surface area (Å²) in [7, 11) is 1.37. The van der Waals surface area contributed by atoms with Gasteiger partial charge in [0.2, 0.25) is 0 Å². The second-order valence-electron chi connectivity index (χ2n) is 4.53. The summed E-state index contributed by atoms with van der Waals surface area (Å²) in [5.41, 5.74) is 0.705. The molecule has 0 saturated heterocycles. The summed E-state index contributed by atoms with van der Waals surface area (Å²) >= 11 is 0. The minimum atomic E-state index is -0.553. The molecule has 1 aromatic rings. The van der Waals surface area contributed by atoms with E-state index in [1.54, 1.807) is 24.3 Å². The summed E-state index contributed by atoms with van der Waals surface area (Å²) in [6, 6.07) is 6.11. The molecule has 0 saturated carbocycles. The Morgan fingerprint density at radius 2 is 2.10 bits per heavy atom. The average Bonchev–Trinajstić information content (AvgIpc) is 2.47. The lowest BCUT2D eigenvalue weighted by molar-refractivity contribution is -0.143. The molecule has 0 aliphatic heterocycles. The van der Waals surface area contributed by atoms with Crippen molar-refractivity contribution in [2.24, 2.45) is 0 Å². The van der Waals surface area contributed by atoms with Crippen molar-refractivity contribution >= 4 is 5.97 Å². The highest BCUT2D eigenvalue weighted by Gasteiger charge is 2.21. The maximum atomic E-state index is 11.9. The minimum Gasteiger partial charge on any atom is -0.508 e. The van der Waals surface area contributed by atoms with Gasteiger partial charge in [0.05, 0.1) is 7.11 Å². The fourth-order valence-corrected chi connectivity index (χ4v) is 2.07. The van der Waals surface area contributed by atoms with E-state index in [1.807, 2.05) is 0 Å². The molecule has 0 aliphatic carbocycles. The van der Waals surface area contributed by atoms with Crippen LogP contribution in [0.1, 0.15) is 25.5 Å². The van der Waals surface area contributed by atoms with Crippen LogP contribution in [0.2, 0.25) is 0 Å². The number of nitrogens with zero attached hydrogens (tertiary/aromatic N) is 1. The van der Waals surface area contributed by atoms with E-state index in [-0.39, 0.29) is 11.7 Å². The standard InChI is InChI=1S/C15H24N2O3/c1-4-17(5-2)10-9-16-14(15(19)20-3)12-7-6-8-13(18)11-12/h6-8,11,14,16,18H,4-5,9-10H2,1-3H3. The number of ether oxygens (including phenoxy) is 1. The van der Waals surface area contributed by atoms with Gasteiger partial charge in [-0.1, -0.05) is 26.0 Å². The summed E-state index contributed by atoms with van der Waals surface area (Å²) < 4.78 is 4.82. The normalized spacial score (nSPS) is 12.4. The Morgan fingerprint density at radius 1 is 1.40 bits per heavy atom. The Kier molecular flexibility index (Phi) is 7.04. The first-order valence-electron chi connectivity index (χ1n) is 6.94. The molecule has 1 aromatic carbocycles. The van der Waals surface area contributed by atoms with Gasteiger partial charge in [-0.3, -0.25) is 5.32 Å². The molecule has 1 atom stereocenters. The summed E-state index contributed by atoms with van der Waals surface area (Å²) in [5.74, 6) is -0.211. The van der Waals surface area contributed by atoms with Gasteiger partial charge in [0, 0.05) is 13.1 Å². The van der Waals surface area contributed by atoms with Crippen LogP contribution in [0.15, 0.2) is 24.3 Å². The quantitative estimate of drug-likeness (QED) is 0.707. The third-order valence-corrected chi connectivity index (χ3v) is 3.31. The van der Waals surface area contributed by atoms with E-state index in [4.69, 9.17) is 4.74 Å². The van der Waals surface area contributed by atoms with Gasteiger partial charge in [0.25, 0.3) is 0 Å². The minimum absolute atomic E-state index is 0.141. The van der Waals surface area contributed by atoms with Crippen molar-refractivity contribution in [3.8, 4) is 5.75 Å². The number of methoxy groups -OCH3 is 1. The van der Waals surface area contributed by atoms with Crippen molar-refractivity contribution in [3.05, 3.63) is 29.8 Å². The van der Waals surface area contributed by atoms with Crippen molar-refractivity contribution in [1.29, 1.82) is 0 Å². The van der Waals surface area contributed by atoms with Crippen LogP contribution in [0.5, 0.6) is 5.75 Å². The molecule has 112 valence electrons. The van der Waals surface area contributed by atoms with Crippen LogP contribution < -0.4 is 5.32 Å². The first kappa shape index (κ1) is 16.5. The molecule has 1 unspecified atom stereocenters. The summed E-state index contributed by atoms with van der Waals surface area (Å²) in [5, 5.41) is 12.7. The monoisotopic (exact) mass is 280 g/mol. The Bertz CT molecular complexity index is 419. The Balaban J connectivity index is 2.68. The lowest BCUT2D eigenvalue weighted by Crippen LogP contribution is -2.36. The molecule has 0 bridgehead atoms. The number of benzene rings is 1. The fourth-order valence-electron chi connectivity index (χ4n) is 2.07. The van der Waals surface area contributed by atoms with E-state index in [0.717, 1.165) is 19.6 Å². The van der Waals surface area contributed by atoms with Crippen LogP contribution in [0, 0.1) is 0 Å². The molecular weight excluding hydrogens is 256 g/mol. The number of aromatic hydroxyl groups is 1. The molecule has 0 aromatic heterocycles. The molecule has 0 radical (unpaired) electrons. The second kappa shape index (κ2) is 8.55. The zero-order valence-electron chi connectivity index (χ0n) is 12.4. The van der Waals surface area contributed by atoms with Gasteiger partial charge in [-0.05, 0) is 30.8 Å². The molecule has 0 fully saturated rings. The SMILES string of the molecule is CCN(CC)CCNC(C(=O)OC)c1cccc(O)c1. The van der Waals surface area contributed by atoms with Crippen LogP contribution in [-0.2, 0) is 9.53 Å². The number of nitrogens with one attached hydrogen (secondary N) is 1. The molecule has 1 rings (SSSR count). The van der Waals surface area contributed by atoms with Crippen molar-refractivity contribution in [1.82, 2.24) is 10.2 Å². The molecule has 5 nitrogen and oxygen atoms in total. The lowest BCUT2D eigenvalue weighted by Gasteiger charge is -2.21. The third kappa shape index (κ3) is 4.83. The average molecular weight is 280 g/mol. The number of hydrogen-bond acceptors (Lipinski definition) is 5. The Hall–Kier alpha value is -1.59. The molecule has 0 spiro atoms. The van der Waals surface area contributed by atoms with Gasteiger partial charge in [-0.25, -0.2) is 4.79 Å². The maximum Gasteiger partial charge on any atom is 0.327 e. The highest BCUT2D eigenvalue weighted by Crippen LogP contribution is 2.19. The van der Waals surface area contributed by atoms with E-state index in [0.29, 0.717) is 12.1 Å². The smallest absolute Gasteiger partial charge is 0.327 e. The zero-order chi connectivity index (χ0) is 15.0. The number of phenolic OH excluding ortho intramolecular Hbond substituents is 1. The zero-order valence-corrected chi connectivity index (χ0v) is 12.4. The van der Waals surface area contributed by atoms with Crippen molar-refractivity contribution < 1.29 is 14.6 Å². The largest absolute Gasteiger partial charge is 0.508 e. The first-order valence-corrected chi connectivity index (χ1v) is 6.94. The van der Waals surface area contributed by atoms with Gasteiger partial charge in [0.1, 0.15) is 11.8 Å². The van der Waals surface area contributed by atoms with Crippen molar-refractivity contribution in [3.63, 3.8) is 0 Å². The molecule has 2 N–H and O–H groups in total. The number of carbonyl (C=O) groups excluding carboxylic acids is 1. The predicted octanol–water partition coefficient (Wildman–Crippen LogP) is 1.54. The fraction of sp³-hybridized carbons (Fsp3) is 0.533. The van der Waals surface area contributed by atoms with Crippen molar-refractivity contribution in [2.45, 2.75) is 19.9 Å². The van der Waals surface area contributed by atoms with E-state index in [2.05, 4.69) is 24.1 Å². The number of esters is 1. The summed E-state index contributed by atoms with van der Waals surface area (Å²) in [6.07, 6.45) is 0. The van der Waals surface area contributed by atoms with Crippen LogP contribution in [-0.4, -0.2) is 49.3 Å². The lowest BCUT2D eigenvalue weighted by atomic mass is 10.1. The molecule has 20 heavy (non-hydrogen) atoms. The highest BCUT2D eigenvalue weighted by molar-refractivity contribution is 5.77. The number of phenols is 1. The van der Waals surface area contributed by atoms with Crippen LogP contribution in [0.3, 0.4) is 0 Å². The second-order valence-corrected chi connectivity index (χ2v) is 4.53. The Labute approximate surface area is 120 Å². The van der Waals surface area contributed by atoms with Crippen LogP contribution in [0.4, 0.5) is 0 Å². The number of rotatable bonds is 8. The van der Waals surface area contributed by atoms with Gasteiger partial charge in [-0.2, -0.15) is 0 Å². The third-order valence-electron chi connectivity index (χ3n) is 3.31. The van der Waals surface area contributed by atoms with E-state index < -0.39 is 6.04 Å². The first-order chi connectivity index (χ1) is 9.62. The summed E-state index contributed by atoms with van der Waals surface area (Å²) in [6.45, 7) is 7.71. The molecule has 0 heterocycles.